The number of amides is 2. The molecule has 2 aliphatic carbocycles. The Labute approximate surface area is 196 Å². The van der Waals surface area contributed by atoms with E-state index in [0.29, 0.717) is 5.56 Å². The lowest BCUT2D eigenvalue weighted by Gasteiger charge is -2.35. The summed E-state index contributed by atoms with van der Waals surface area (Å²) in [5.41, 5.74) is 0.304. The van der Waals surface area contributed by atoms with Crippen LogP contribution in [0.4, 0.5) is 13.6 Å². The zero-order valence-electron chi connectivity index (χ0n) is 19.0. The van der Waals surface area contributed by atoms with Gasteiger partial charge in [0.25, 0.3) is 5.91 Å². The van der Waals surface area contributed by atoms with Crippen LogP contribution in [0.5, 0.6) is 0 Å². The number of alkyl halides is 2. The number of ether oxygens (including phenoxy) is 2. The van der Waals surface area contributed by atoms with Crippen molar-refractivity contribution in [3.63, 3.8) is 0 Å². The molecule has 9 nitrogen and oxygen atoms in total. The lowest BCUT2D eigenvalue weighted by molar-refractivity contribution is -0.116. The lowest BCUT2D eigenvalue weighted by atomic mass is 10.0. The van der Waals surface area contributed by atoms with Crippen LogP contribution in [0.1, 0.15) is 43.5 Å². The monoisotopic (exact) mass is 475 g/mol. The molecule has 34 heavy (non-hydrogen) atoms. The molecule has 182 valence electrons. The molecule has 2 amide bonds. The highest BCUT2D eigenvalue weighted by Crippen LogP contribution is 2.39. The zero-order valence-corrected chi connectivity index (χ0v) is 19.0. The molecule has 1 N–H and O–H groups in total. The molecule has 0 bridgehead atoms. The number of carbonyl (C=O) groups is 2. The van der Waals surface area contributed by atoms with E-state index in [1.807, 2.05) is 13.0 Å². The van der Waals surface area contributed by atoms with Gasteiger partial charge in [0.1, 0.15) is 35.8 Å². The summed E-state index contributed by atoms with van der Waals surface area (Å²) < 4.78 is 41.8. The van der Waals surface area contributed by atoms with Crippen LogP contribution in [-0.2, 0) is 20.9 Å². The lowest BCUT2D eigenvalue weighted by Crippen LogP contribution is -2.47. The van der Waals surface area contributed by atoms with Gasteiger partial charge in [-0.05, 0) is 32.3 Å². The number of carbonyl (C=O) groups excluding carboxylic acids is 2. The Morgan fingerprint density at radius 2 is 2.15 bits per heavy atom. The molecule has 1 aromatic heterocycles. The van der Waals surface area contributed by atoms with Gasteiger partial charge < -0.3 is 19.7 Å². The number of hydrogen-bond acceptors (Lipinski definition) is 6. The summed E-state index contributed by atoms with van der Waals surface area (Å²) in [6.45, 7) is 1.88. The second-order valence-electron chi connectivity index (χ2n) is 8.99. The minimum Gasteiger partial charge on any atom is -0.443 e. The molecular weight excluding hydrogens is 448 g/mol. The second-order valence-corrected chi connectivity index (χ2v) is 8.99. The zero-order chi connectivity index (χ0) is 24.5. The van der Waals surface area contributed by atoms with Crippen molar-refractivity contribution in [3.05, 3.63) is 41.3 Å². The first-order valence-corrected chi connectivity index (χ1v) is 11.2. The van der Waals surface area contributed by atoms with Gasteiger partial charge in [0.2, 0.25) is 0 Å². The van der Waals surface area contributed by atoms with Crippen LogP contribution in [0, 0.1) is 11.3 Å². The minimum absolute atomic E-state index is 0.109. The molecule has 1 saturated carbocycles. The van der Waals surface area contributed by atoms with Crippen LogP contribution in [0.15, 0.2) is 30.0 Å². The fourth-order valence-corrected chi connectivity index (χ4v) is 4.02. The van der Waals surface area contributed by atoms with Crippen molar-refractivity contribution in [2.75, 3.05) is 20.1 Å². The Balaban J connectivity index is 1.37. The summed E-state index contributed by atoms with van der Waals surface area (Å²) in [4.78, 5) is 25.3. The van der Waals surface area contributed by atoms with Gasteiger partial charge in [0, 0.05) is 24.7 Å². The fourth-order valence-electron chi connectivity index (χ4n) is 4.02. The van der Waals surface area contributed by atoms with Gasteiger partial charge in [-0.25, -0.2) is 18.3 Å². The summed E-state index contributed by atoms with van der Waals surface area (Å²) in [6.07, 6.45) is 2.98. The minimum atomic E-state index is -1.53. The molecule has 0 aromatic carbocycles. The van der Waals surface area contributed by atoms with E-state index < -0.39 is 42.1 Å². The number of likely N-dealkylation sites (tertiary alicyclic amines) is 1. The molecule has 2 unspecified atom stereocenters. The number of piperidine rings is 1. The summed E-state index contributed by atoms with van der Waals surface area (Å²) in [5.74, 6) is -0.396. The van der Waals surface area contributed by atoms with E-state index in [2.05, 4.69) is 10.4 Å². The van der Waals surface area contributed by atoms with E-state index in [1.54, 1.807) is 0 Å². The van der Waals surface area contributed by atoms with Crippen molar-refractivity contribution >= 4 is 12.0 Å². The van der Waals surface area contributed by atoms with E-state index >= 15 is 4.39 Å². The van der Waals surface area contributed by atoms with Crippen molar-refractivity contribution in [3.8, 4) is 6.07 Å². The Morgan fingerprint density at radius 1 is 1.38 bits per heavy atom. The predicted molar refractivity (Wildman–Crippen MR) is 116 cm³/mol. The Morgan fingerprint density at radius 3 is 2.76 bits per heavy atom. The molecule has 4 rings (SSSR count). The highest BCUT2D eigenvalue weighted by atomic mass is 19.1. The standard InChI is InChI=1S/C23H27F2N5O4/c1-23(6-7-23)34-22(32)29-8-5-18(17(25)12-29)30-19(10-26)15(11-28-30)13-33-20-4-3-14(9-16(20)24)21(31)27-2/h3-4,9,11,16-18,20H,5-8,12-13H2,1-2H3,(H,27,31)/t16?,17-,18-,20?/m0/s1. The van der Waals surface area contributed by atoms with Crippen LogP contribution in [0.3, 0.4) is 0 Å². The van der Waals surface area contributed by atoms with E-state index in [-0.39, 0.29) is 37.4 Å². The van der Waals surface area contributed by atoms with Crippen molar-refractivity contribution in [1.82, 2.24) is 20.0 Å². The Bertz CT molecular complexity index is 1060. The van der Waals surface area contributed by atoms with Gasteiger partial charge in [0.15, 0.2) is 0 Å². The van der Waals surface area contributed by atoms with Gasteiger partial charge >= 0.3 is 6.09 Å². The van der Waals surface area contributed by atoms with Crippen LogP contribution in [0.2, 0.25) is 0 Å². The summed E-state index contributed by atoms with van der Waals surface area (Å²) in [7, 11) is 1.46. The van der Waals surface area contributed by atoms with Crippen molar-refractivity contribution < 1.29 is 27.8 Å². The summed E-state index contributed by atoms with van der Waals surface area (Å²) in [5, 5.41) is 16.3. The van der Waals surface area contributed by atoms with E-state index in [4.69, 9.17) is 9.47 Å². The Kier molecular flexibility index (Phi) is 6.70. The maximum Gasteiger partial charge on any atom is 0.410 e. The molecule has 4 atom stereocenters. The molecule has 0 radical (unpaired) electrons. The third-order valence-electron chi connectivity index (χ3n) is 6.38. The maximum absolute atomic E-state index is 15.0. The van der Waals surface area contributed by atoms with E-state index in [9.17, 15) is 19.2 Å². The normalized spacial score (nSPS) is 27.5. The molecule has 2 heterocycles. The van der Waals surface area contributed by atoms with Gasteiger partial charge in [0.05, 0.1) is 25.4 Å². The molecule has 1 aliphatic heterocycles. The average Bonchev–Trinajstić information content (AvgIpc) is 3.40. The molecular formula is C23H27F2N5O4. The third kappa shape index (κ3) is 4.97. The maximum atomic E-state index is 15.0. The number of nitrogens with one attached hydrogen (secondary N) is 1. The van der Waals surface area contributed by atoms with E-state index in [0.717, 1.165) is 12.8 Å². The molecule has 11 heteroatoms. The predicted octanol–water partition coefficient (Wildman–Crippen LogP) is 2.49. The first kappa shape index (κ1) is 23.9. The average molecular weight is 475 g/mol. The highest BCUT2D eigenvalue weighted by Gasteiger charge is 2.44. The van der Waals surface area contributed by atoms with Gasteiger partial charge in [-0.1, -0.05) is 12.2 Å². The highest BCUT2D eigenvalue weighted by molar-refractivity contribution is 5.96. The number of nitrogens with zero attached hydrogens (tertiary/aromatic N) is 4. The third-order valence-corrected chi connectivity index (χ3v) is 6.38. The first-order chi connectivity index (χ1) is 16.2. The smallest absolute Gasteiger partial charge is 0.410 e. The molecule has 2 fully saturated rings. The molecule has 1 aromatic rings. The van der Waals surface area contributed by atoms with Crippen molar-refractivity contribution in [2.45, 2.75) is 62.9 Å². The van der Waals surface area contributed by atoms with E-state index in [1.165, 1.54) is 41.1 Å². The SMILES string of the molecule is CNC(=O)C1=CC(F)C(OCc2cnn([C@H]3CCN(C(=O)OC4(C)CC4)C[C@@H]3F)c2C#N)C=C1. The quantitative estimate of drug-likeness (QED) is 0.677. The number of aromatic nitrogens is 2. The van der Waals surface area contributed by atoms with Crippen LogP contribution in [-0.4, -0.2) is 70.9 Å². The number of hydrogen-bond donors (Lipinski definition) is 1. The van der Waals surface area contributed by atoms with Gasteiger partial charge in [-0.3, -0.25) is 4.79 Å². The van der Waals surface area contributed by atoms with Gasteiger partial charge in [-0.2, -0.15) is 10.4 Å². The van der Waals surface area contributed by atoms with Crippen molar-refractivity contribution in [2.24, 2.45) is 0 Å². The van der Waals surface area contributed by atoms with Crippen LogP contribution < -0.4 is 5.32 Å². The second kappa shape index (κ2) is 9.54. The fraction of sp³-hybridized carbons (Fsp3) is 0.565. The Hall–Kier alpha value is -3.26. The molecule has 0 spiro atoms. The number of likely N-dealkylation sites (N-methyl/N-ethyl adjacent to an activating group) is 1. The van der Waals surface area contributed by atoms with Crippen LogP contribution >= 0.6 is 0 Å². The summed E-state index contributed by atoms with van der Waals surface area (Å²) >= 11 is 0. The first-order valence-electron chi connectivity index (χ1n) is 11.2. The molecule has 3 aliphatic rings. The number of halogens is 2. The largest absolute Gasteiger partial charge is 0.443 e. The summed E-state index contributed by atoms with van der Waals surface area (Å²) in [6, 6.07) is 1.32. The molecule has 1 saturated heterocycles. The topological polar surface area (TPSA) is 109 Å². The van der Waals surface area contributed by atoms with Gasteiger partial charge in [-0.15, -0.1) is 0 Å². The number of nitriles is 1. The van der Waals surface area contributed by atoms with Crippen molar-refractivity contribution in [1.29, 1.82) is 5.26 Å². The van der Waals surface area contributed by atoms with Crippen LogP contribution in [0.25, 0.3) is 0 Å². The number of rotatable bonds is 6.